The minimum atomic E-state index is -4.36. The molecule has 0 aromatic rings. The molecule has 0 aliphatic heterocycles. The van der Waals surface area contributed by atoms with Crippen LogP contribution in [0.1, 0.15) is 239 Å². The second-order valence-electron chi connectivity index (χ2n) is 21.3. The molecule has 1 amide bonds. The van der Waals surface area contributed by atoms with Gasteiger partial charge in [0.2, 0.25) is 5.91 Å². The molecule has 75 heavy (non-hydrogen) atoms. The van der Waals surface area contributed by atoms with Crippen molar-refractivity contribution < 1.29 is 32.9 Å². The molecule has 0 heterocycles. The predicted molar refractivity (Wildman–Crippen MR) is 327 cm³/mol. The van der Waals surface area contributed by atoms with Crippen molar-refractivity contribution in [2.75, 3.05) is 40.9 Å². The van der Waals surface area contributed by atoms with Crippen molar-refractivity contribution in [3.05, 3.63) is 122 Å². The molecule has 0 aliphatic carbocycles. The van der Waals surface area contributed by atoms with E-state index in [-0.39, 0.29) is 19.1 Å². The molecule has 9 heteroatoms. The molecule has 0 radical (unpaired) electrons. The van der Waals surface area contributed by atoms with E-state index in [0.29, 0.717) is 17.4 Å². The van der Waals surface area contributed by atoms with Crippen LogP contribution in [0.3, 0.4) is 0 Å². The molecule has 0 aliphatic rings. The number of carbonyl (C=O) groups is 1. The van der Waals surface area contributed by atoms with Gasteiger partial charge in [0.25, 0.3) is 0 Å². The third-order valence-electron chi connectivity index (χ3n) is 12.9. The topological polar surface area (TPSA) is 105 Å². The summed E-state index contributed by atoms with van der Waals surface area (Å²) in [6.45, 7) is 4.65. The zero-order valence-corrected chi connectivity index (χ0v) is 49.9. The van der Waals surface area contributed by atoms with E-state index >= 15 is 0 Å². The number of nitrogens with zero attached hydrogens (tertiary/aromatic N) is 1. The smallest absolute Gasteiger partial charge is 0.387 e. The number of phosphoric acid groups is 1. The van der Waals surface area contributed by atoms with Gasteiger partial charge in [0, 0.05) is 6.42 Å². The van der Waals surface area contributed by atoms with Crippen LogP contribution in [0.15, 0.2) is 122 Å². The highest BCUT2D eigenvalue weighted by Gasteiger charge is 2.27. The summed E-state index contributed by atoms with van der Waals surface area (Å²) in [6.07, 6.45) is 83.2. The molecule has 0 saturated heterocycles. The van der Waals surface area contributed by atoms with Crippen molar-refractivity contribution in [2.24, 2.45) is 0 Å². The summed E-state index contributed by atoms with van der Waals surface area (Å²) >= 11 is 0. The average molecular weight is 1060 g/mol. The number of aliphatic hydroxyl groups is 1. The summed E-state index contributed by atoms with van der Waals surface area (Å²) in [4.78, 5) is 23.3. The number of quaternary nitrogens is 1. The minimum absolute atomic E-state index is 0.0490. The van der Waals surface area contributed by atoms with E-state index in [1.165, 1.54) is 128 Å². The predicted octanol–water partition coefficient (Wildman–Crippen LogP) is 18.9. The lowest BCUT2D eigenvalue weighted by atomic mass is 10.0. The number of aliphatic hydroxyl groups excluding tert-OH is 1. The Bertz CT molecular complexity index is 1630. The molecule has 0 aromatic carbocycles. The van der Waals surface area contributed by atoms with E-state index in [2.05, 4.69) is 129 Å². The van der Waals surface area contributed by atoms with E-state index in [4.69, 9.17) is 9.05 Å². The number of unbranched alkanes of at least 4 members (excludes halogenated alkanes) is 23. The quantitative estimate of drug-likeness (QED) is 0.0243. The normalized spacial score (nSPS) is 14.7. The van der Waals surface area contributed by atoms with Crippen LogP contribution in [0.2, 0.25) is 0 Å². The highest BCUT2D eigenvalue weighted by molar-refractivity contribution is 7.47. The first kappa shape index (κ1) is 71.9. The molecule has 0 bridgehead atoms. The highest BCUT2D eigenvalue weighted by Crippen LogP contribution is 2.43. The Morgan fingerprint density at radius 3 is 1.23 bits per heavy atom. The lowest BCUT2D eigenvalue weighted by Gasteiger charge is -2.25. The van der Waals surface area contributed by atoms with Crippen molar-refractivity contribution in [3.63, 3.8) is 0 Å². The lowest BCUT2D eigenvalue weighted by Crippen LogP contribution is -2.45. The standard InChI is InChI=1S/C66H115N2O6P/c1-6-8-10-12-14-16-18-20-22-24-25-26-27-28-29-30-31-32-33-34-35-36-37-38-39-40-41-42-43-44-46-48-50-52-54-56-58-60-66(70)67-64(63-74-75(71,72)73-62-61-68(3,4)5)65(69)59-57-55-53-51-49-47-45-23-21-19-17-15-13-11-9-7-2/h8,10,14,16,20-23,25-26,28-29,31-32,34-35,49,51,57,59,64-65,69H,6-7,9,11-13,15,17-19,24,27,30,33,36-48,50,52-56,58,60-63H2,1-5H3,(H-,67,70,71,72)/p+1/b10-8-,16-14-,22-20-,23-21+,26-25-,29-28-,32-31-,35-34-,51-49+,59-57+. The number of hydrogen-bond donors (Lipinski definition) is 3. The van der Waals surface area contributed by atoms with E-state index in [1.807, 2.05) is 27.2 Å². The van der Waals surface area contributed by atoms with Crippen molar-refractivity contribution in [1.82, 2.24) is 5.32 Å². The monoisotopic (exact) mass is 1060 g/mol. The number of carbonyl (C=O) groups excluding carboxylic acids is 1. The fourth-order valence-corrected chi connectivity index (χ4v) is 8.91. The van der Waals surface area contributed by atoms with Crippen LogP contribution in [0.4, 0.5) is 0 Å². The van der Waals surface area contributed by atoms with E-state index in [1.54, 1.807) is 6.08 Å². The Labute approximate surface area is 463 Å². The third kappa shape index (κ3) is 58.4. The second kappa shape index (κ2) is 55.6. The Hall–Kier alpha value is -3.10. The zero-order chi connectivity index (χ0) is 54.9. The molecule has 0 aromatic heterocycles. The Morgan fingerprint density at radius 1 is 0.467 bits per heavy atom. The van der Waals surface area contributed by atoms with Gasteiger partial charge in [0.15, 0.2) is 0 Å². The van der Waals surface area contributed by atoms with Crippen LogP contribution < -0.4 is 5.32 Å². The summed E-state index contributed by atoms with van der Waals surface area (Å²) in [7, 11) is 1.54. The summed E-state index contributed by atoms with van der Waals surface area (Å²) < 4.78 is 23.7. The minimum Gasteiger partial charge on any atom is -0.387 e. The van der Waals surface area contributed by atoms with Gasteiger partial charge in [-0.1, -0.05) is 251 Å². The van der Waals surface area contributed by atoms with Gasteiger partial charge in [-0.05, 0) is 103 Å². The fraction of sp³-hybridized carbons (Fsp3) is 0.682. The maximum Gasteiger partial charge on any atom is 0.472 e. The molecule has 3 unspecified atom stereocenters. The van der Waals surface area contributed by atoms with Crippen LogP contribution in [-0.2, 0) is 18.4 Å². The summed E-state index contributed by atoms with van der Waals surface area (Å²) in [6, 6.07) is -0.876. The average Bonchev–Trinajstić information content (AvgIpc) is 3.37. The lowest BCUT2D eigenvalue weighted by molar-refractivity contribution is -0.870. The van der Waals surface area contributed by atoms with Gasteiger partial charge in [-0.3, -0.25) is 13.8 Å². The summed E-state index contributed by atoms with van der Waals surface area (Å²) in [5.74, 6) is -0.195. The largest absolute Gasteiger partial charge is 0.472 e. The Balaban J connectivity index is 4.11. The van der Waals surface area contributed by atoms with Crippen molar-refractivity contribution in [1.29, 1.82) is 0 Å². The SMILES string of the molecule is CC/C=C\C/C=C\C/C=C\C/C=C\C/C=C\C/C=C\C/C=C\CCCCCCCCCCCCCCCCCC(=O)NC(COP(=O)(O)OCC[N+](C)(C)C)C(O)/C=C/CC/C=C/CC/C=C/CCCCCCCC. The molecular formula is C66H116N2O6P+. The van der Waals surface area contributed by atoms with Crippen molar-refractivity contribution in [3.8, 4) is 0 Å². The van der Waals surface area contributed by atoms with Gasteiger partial charge in [-0.15, -0.1) is 0 Å². The van der Waals surface area contributed by atoms with Gasteiger partial charge in [0.1, 0.15) is 13.2 Å². The van der Waals surface area contributed by atoms with E-state index < -0.39 is 20.0 Å². The van der Waals surface area contributed by atoms with Crippen molar-refractivity contribution >= 4 is 13.7 Å². The molecule has 0 spiro atoms. The number of allylic oxidation sites excluding steroid dienone is 19. The first-order chi connectivity index (χ1) is 36.5. The maximum atomic E-state index is 13.0. The Kier molecular flexibility index (Phi) is 53.3. The molecule has 8 nitrogen and oxygen atoms in total. The second-order valence-corrected chi connectivity index (χ2v) is 22.8. The number of nitrogens with one attached hydrogen (secondary N) is 1. The number of likely N-dealkylation sites (N-methyl/N-ethyl adjacent to an activating group) is 1. The van der Waals surface area contributed by atoms with Gasteiger partial charge in [0.05, 0.1) is 39.9 Å². The van der Waals surface area contributed by atoms with Crippen molar-refractivity contribution in [2.45, 2.75) is 251 Å². The van der Waals surface area contributed by atoms with E-state index in [0.717, 1.165) is 89.9 Å². The molecule has 0 saturated carbocycles. The Morgan fingerprint density at radius 2 is 0.813 bits per heavy atom. The van der Waals surface area contributed by atoms with Gasteiger partial charge in [-0.2, -0.15) is 0 Å². The fourth-order valence-electron chi connectivity index (χ4n) is 8.17. The molecule has 3 atom stereocenters. The van der Waals surface area contributed by atoms with Gasteiger partial charge < -0.3 is 19.8 Å². The first-order valence-electron chi connectivity index (χ1n) is 30.4. The molecular weight excluding hydrogens is 948 g/mol. The van der Waals surface area contributed by atoms with Gasteiger partial charge in [-0.25, -0.2) is 4.57 Å². The third-order valence-corrected chi connectivity index (χ3v) is 13.9. The van der Waals surface area contributed by atoms with Gasteiger partial charge >= 0.3 is 7.82 Å². The highest BCUT2D eigenvalue weighted by atomic mass is 31.2. The summed E-state index contributed by atoms with van der Waals surface area (Å²) in [5, 5.41) is 13.9. The first-order valence-corrected chi connectivity index (χ1v) is 31.9. The number of hydrogen-bond acceptors (Lipinski definition) is 5. The van der Waals surface area contributed by atoms with Crippen LogP contribution >= 0.6 is 7.82 Å². The zero-order valence-electron chi connectivity index (χ0n) is 49.0. The number of amides is 1. The van der Waals surface area contributed by atoms with Crippen LogP contribution in [0.5, 0.6) is 0 Å². The maximum absolute atomic E-state index is 13.0. The number of rotatable bonds is 54. The van der Waals surface area contributed by atoms with E-state index in [9.17, 15) is 19.4 Å². The van der Waals surface area contributed by atoms with Crippen LogP contribution in [0.25, 0.3) is 0 Å². The van der Waals surface area contributed by atoms with Crippen LogP contribution in [0, 0.1) is 0 Å². The van der Waals surface area contributed by atoms with Crippen LogP contribution in [-0.4, -0.2) is 73.4 Å². The molecule has 3 N–H and O–H groups in total. The molecule has 430 valence electrons. The molecule has 0 fully saturated rings. The molecule has 0 rings (SSSR count). The summed E-state index contributed by atoms with van der Waals surface area (Å²) in [5.41, 5.74) is 0. The number of phosphoric ester groups is 1.